The van der Waals surface area contributed by atoms with Crippen molar-refractivity contribution in [2.24, 2.45) is 11.8 Å². The Balaban J connectivity index is 2.55. The molecule has 0 aromatic heterocycles. The van der Waals surface area contributed by atoms with Crippen molar-refractivity contribution in [2.45, 2.75) is 32.6 Å². The minimum Gasteiger partial charge on any atom is -0.341 e. The van der Waals surface area contributed by atoms with Gasteiger partial charge in [-0.1, -0.05) is 13.8 Å². The molecular formula is C10H18ClNO. The molecule has 0 aliphatic carbocycles. The lowest BCUT2D eigenvalue weighted by Gasteiger charge is -2.35. The van der Waals surface area contributed by atoms with Gasteiger partial charge in [-0.25, -0.2) is 0 Å². The van der Waals surface area contributed by atoms with Gasteiger partial charge in [0.2, 0.25) is 5.91 Å². The van der Waals surface area contributed by atoms with E-state index < -0.39 is 0 Å². The SMILES string of the molecule is C[C@H]1C[C@H](C)CN(C(=O)[C@@H](C)Cl)C1. The minimum absolute atomic E-state index is 0.0834. The van der Waals surface area contributed by atoms with Crippen LogP contribution >= 0.6 is 11.6 Å². The van der Waals surface area contributed by atoms with Crippen molar-refractivity contribution in [1.29, 1.82) is 0 Å². The van der Waals surface area contributed by atoms with E-state index in [9.17, 15) is 4.79 Å². The molecule has 0 radical (unpaired) electrons. The van der Waals surface area contributed by atoms with Crippen LogP contribution in [0.1, 0.15) is 27.2 Å². The zero-order valence-corrected chi connectivity index (χ0v) is 9.34. The summed E-state index contributed by atoms with van der Waals surface area (Å²) in [4.78, 5) is 13.5. The minimum atomic E-state index is -0.377. The smallest absolute Gasteiger partial charge is 0.240 e. The summed E-state index contributed by atoms with van der Waals surface area (Å²) in [5, 5.41) is -0.377. The van der Waals surface area contributed by atoms with E-state index in [1.165, 1.54) is 6.42 Å². The van der Waals surface area contributed by atoms with Gasteiger partial charge in [0, 0.05) is 13.1 Å². The monoisotopic (exact) mass is 203 g/mol. The predicted molar refractivity (Wildman–Crippen MR) is 54.8 cm³/mol. The predicted octanol–water partition coefficient (Wildman–Crippen LogP) is 2.12. The van der Waals surface area contributed by atoms with Crippen LogP contribution in [0.3, 0.4) is 0 Å². The summed E-state index contributed by atoms with van der Waals surface area (Å²) < 4.78 is 0. The Hall–Kier alpha value is -0.240. The van der Waals surface area contributed by atoms with Gasteiger partial charge in [0.25, 0.3) is 0 Å². The fraction of sp³-hybridized carbons (Fsp3) is 0.900. The molecule has 1 fully saturated rings. The fourth-order valence-corrected chi connectivity index (χ4v) is 2.23. The molecule has 0 saturated carbocycles. The largest absolute Gasteiger partial charge is 0.341 e. The van der Waals surface area contributed by atoms with Crippen molar-refractivity contribution in [1.82, 2.24) is 4.90 Å². The third-order valence-corrected chi connectivity index (χ3v) is 2.71. The number of hydrogen-bond acceptors (Lipinski definition) is 1. The summed E-state index contributed by atoms with van der Waals surface area (Å²) in [6.45, 7) is 7.87. The van der Waals surface area contributed by atoms with Crippen LogP contribution in [0.5, 0.6) is 0 Å². The van der Waals surface area contributed by atoms with Crippen LogP contribution in [0.15, 0.2) is 0 Å². The second-order valence-corrected chi connectivity index (χ2v) is 4.96. The van der Waals surface area contributed by atoms with Crippen molar-refractivity contribution >= 4 is 17.5 Å². The molecule has 3 atom stereocenters. The number of rotatable bonds is 1. The number of carbonyl (C=O) groups excluding carboxylic acids is 1. The molecule has 1 amide bonds. The van der Waals surface area contributed by atoms with Gasteiger partial charge in [-0.05, 0) is 25.2 Å². The van der Waals surface area contributed by atoms with Crippen molar-refractivity contribution in [3.05, 3.63) is 0 Å². The number of likely N-dealkylation sites (tertiary alicyclic amines) is 1. The highest BCUT2D eigenvalue weighted by atomic mass is 35.5. The maximum Gasteiger partial charge on any atom is 0.240 e. The van der Waals surface area contributed by atoms with Crippen LogP contribution in [0.4, 0.5) is 0 Å². The summed E-state index contributed by atoms with van der Waals surface area (Å²) in [7, 11) is 0. The molecule has 0 aromatic rings. The first-order valence-electron chi connectivity index (χ1n) is 4.93. The van der Waals surface area contributed by atoms with Crippen molar-refractivity contribution in [3.63, 3.8) is 0 Å². The van der Waals surface area contributed by atoms with E-state index in [1.54, 1.807) is 6.92 Å². The number of amides is 1. The number of carbonyl (C=O) groups is 1. The molecule has 1 aliphatic heterocycles. The molecule has 0 spiro atoms. The third-order valence-electron chi connectivity index (χ3n) is 2.52. The van der Waals surface area contributed by atoms with E-state index >= 15 is 0 Å². The standard InChI is InChI=1S/C10H18ClNO/c1-7-4-8(2)6-12(5-7)10(13)9(3)11/h7-9H,4-6H2,1-3H3/t7-,8-,9+/m0/s1. The molecule has 13 heavy (non-hydrogen) atoms. The highest BCUT2D eigenvalue weighted by Crippen LogP contribution is 2.21. The maximum absolute atomic E-state index is 11.6. The van der Waals surface area contributed by atoms with Crippen molar-refractivity contribution in [2.75, 3.05) is 13.1 Å². The molecule has 0 aromatic carbocycles. The summed E-state index contributed by atoms with van der Waals surface area (Å²) >= 11 is 5.77. The number of alkyl halides is 1. The Morgan fingerprint density at radius 3 is 2.23 bits per heavy atom. The number of hydrogen-bond donors (Lipinski definition) is 0. The number of halogens is 1. The fourth-order valence-electron chi connectivity index (χ4n) is 2.09. The van der Waals surface area contributed by atoms with Crippen LogP contribution in [-0.2, 0) is 4.79 Å². The number of nitrogens with zero attached hydrogens (tertiary/aromatic N) is 1. The van der Waals surface area contributed by atoms with Gasteiger partial charge in [0.15, 0.2) is 0 Å². The highest BCUT2D eigenvalue weighted by Gasteiger charge is 2.27. The molecular weight excluding hydrogens is 186 g/mol. The van der Waals surface area contributed by atoms with E-state index in [-0.39, 0.29) is 11.3 Å². The molecule has 2 nitrogen and oxygen atoms in total. The van der Waals surface area contributed by atoms with Crippen LogP contribution in [-0.4, -0.2) is 29.3 Å². The molecule has 0 N–H and O–H groups in total. The summed E-state index contributed by atoms with van der Waals surface area (Å²) in [6, 6.07) is 0. The molecule has 1 rings (SSSR count). The van der Waals surface area contributed by atoms with Crippen molar-refractivity contribution in [3.8, 4) is 0 Å². The average Bonchev–Trinajstić information content (AvgIpc) is 2.01. The van der Waals surface area contributed by atoms with Gasteiger partial charge in [-0.2, -0.15) is 0 Å². The van der Waals surface area contributed by atoms with E-state index in [2.05, 4.69) is 13.8 Å². The topological polar surface area (TPSA) is 20.3 Å². The van der Waals surface area contributed by atoms with Crippen LogP contribution < -0.4 is 0 Å². The van der Waals surface area contributed by atoms with E-state index in [4.69, 9.17) is 11.6 Å². The van der Waals surface area contributed by atoms with E-state index in [1.807, 2.05) is 4.90 Å². The Labute approximate surface area is 85.2 Å². The lowest BCUT2D eigenvalue weighted by molar-refractivity contribution is -0.133. The third kappa shape index (κ3) is 2.87. The number of piperidine rings is 1. The first-order chi connectivity index (χ1) is 6.00. The zero-order valence-electron chi connectivity index (χ0n) is 8.59. The van der Waals surface area contributed by atoms with Gasteiger partial charge in [0.1, 0.15) is 5.38 Å². The highest BCUT2D eigenvalue weighted by molar-refractivity contribution is 6.30. The molecule has 0 bridgehead atoms. The Morgan fingerprint density at radius 2 is 1.85 bits per heavy atom. The van der Waals surface area contributed by atoms with Crippen molar-refractivity contribution < 1.29 is 4.79 Å². The lowest BCUT2D eigenvalue weighted by atomic mass is 9.92. The van der Waals surface area contributed by atoms with E-state index in [0.717, 1.165) is 13.1 Å². The van der Waals surface area contributed by atoms with Crippen LogP contribution in [0.2, 0.25) is 0 Å². The normalized spacial score (nSPS) is 31.5. The second-order valence-electron chi connectivity index (χ2n) is 4.31. The first kappa shape index (κ1) is 10.8. The summed E-state index contributed by atoms with van der Waals surface area (Å²) in [5.74, 6) is 1.31. The summed E-state index contributed by atoms with van der Waals surface area (Å²) in [6.07, 6.45) is 1.22. The Morgan fingerprint density at radius 1 is 1.38 bits per heavy atom. The molecule has 1 saturated heterocycles. The van der Waals surface area contributed by atoms with Gasteiger partial charge < -0.3 is 4.90 Å². The average molecular weight is 204 g/mol. The first-order valence-corrected chi connectivity index (χ1v) is 5.37. The molecule has 3 heteroatoms. The lowest BCUT2D eigenvalue weighted by Crippen LogP contribution is -2.45. The van der Waals surface area contributed by atoms with Gasteiger partial charge in [0.05, 0.1) is 0 Å². The second kappa shape index (κ2) is 4.32. The Bertz CT molecular complexity index is 183. The van der Waals surface area contributed by atoms with E-state index in [0.29, 0.717) is 11.8 Å². The molecule has 1 aliphatic rings. The van der Waals surface area contributed by atoms with Crippen LogP contribution in [0, 0.1) is 11.8 Å². The molecule has 76 valence electrons. The quantitative estimate of drug-likeness (QED) is 0.598. The van der Waals surface area contributed by atoms with Gasteiger partial charge in [-0.3, -0.25) is 4.79 Å². The van der Waals surface area contributed by atoms with Gasteiger partial charge >= 0.3 is 0 Å². The van der Waals surface area contributed by atoms with Crippen LogP contribution in [0.25, 0.3) is 0 Å². The molecule has 1 heterocycles. The maximum atomic E-state index is 11.6. The zero-order chi connectivity index (χ0) is 10.0. The Kier molecular flexibility index (Phi) is 3.60. The van der Waals surface area contributed by atoms with Gasteiger partial charge in [-0.15, -0.1) is 11.6 Å². The summed E-state index contributed by atoms with van der Waals surface area (Å²) in [5.41, 5.74) is 0. The molecule has 0 unspecified atom stereocenters.